The molecule has 1 N–H and O–H groups in total. The third-order valence-corrected chi connectivity index (χ3v) is 8.22. The summed E-state index contributed by atoms with van der Waals surface area (Å²) in [6.45, 7) is 5.16. The Morgan fingerprint density at radius 1 is 1.06 bits per heavy atom. The number of anilines is 2. The Kier molecular flexibility index (Phi) is 5.90. The van der Waals surface area contributed by atoms with Crippen LogP contribution in [0.4, 0.5) is 24.5 Å². The zero-order valence-corrected chi connectivity index (χ0v) is 20.2. The lowest BCUT2D eigenvalue weighted by Gasteiger charge is -2.34. The summed E-state index contributed by atoms with van der Waals surface area (Å²) in [6, 6.07) is 9.87. The summed E-state index contributed by atoms with van der Waals surface area (Å²) < 4.78 is 65.5. The lowest BCUT2D eigenvalue weighted by molar-refractivity contribution is -0.274. The highest BCUT2D eigenvalue weighted by molar-refractivity contribution is 7.91. The van der Waals surface area contributed by atoms with E-state index in [2.05, 4.69) is 10.1 Å². The Morgan fingerprint density at radius 3 is 2.34 bits per heavy atom. The van der Waals surface area contributed by atoms with Crippen LogP contribution in [0, 0.1) is 0 Å². The van der Waals surface area contributed by atoms with E-state index >= 15 is 0 Å². The van der Waals surface area contributed by atoms with E-state index in [0.29, 0.717) is 29.7 Å². The van der Waals surface area contributed by atoms with Gasteiger partial charge in [0.2, 0.25) is 5.91 Å². The van der Waals surface area contributed by atoms with Crippen molar-refractivity contribution in [3.05, 3.63) is 53.6 Å². The van der Waals surface area contributed by atoms with Crippen molar-refractivity contribution in [1.29, 1.82) is 0 Å². The van der Waals surface area contributed by atoms with E-state index in [1.807, 2.05) is 0 Å². The molecule has 0 saturated carbocycles. The first-order chi connectivity index (χ1) is 16.1. The molecule has 11 heteroatoms. The van der Waals surface area contributed by atoms with Crippen LogP contribution in [-0.4, -0.2) is 43.6 Å². The number of hydrogen-bond donors (Lipinski definition) is 1. The van der Waals surface area contributed by atoms with Gasteiger partial charge in [-0.3, -0.25) is 14.5 Å². The largest absolute Gasteiger partial charge is 0.573 e. The molecule has 2 heterocycles. The summed E-state index contributed by atoms with van der Waals surface area (Å²) in [6.07, 6.45) is -4.26. The minimum atomic E-state index is -4.87. The smallest absolute Gasteiger partial charge is 0.406 e. The van der Waals surface area contributed by atoms with Gasteiger partial charge in [0.1, 0.15) is 15.6 Å². The third kappa shape index (κ3) is 5.00. The van der Waals surface area contributed by atoms with Crippen LogP contribution in [0.5, 0.6) is 5.75 Å². The summed E-state index contributed by atoms with van der Waals surface area (Å²) in [5.74, 6) is -1.20. The fourth-order valence-corrected chi connectivity index (χ4v) is 6.14. The molecule has 0 aliphatic carbocycles. The van der Waals surface area contributed by atoms with Crippen molar-refractivity contribution >= 4 is 33.0 Å². The van der Waals surface area contributed by atoms with E-state index in [9.17, 15) is 31.2 Å². The van der Waals surface area contributed by atoms with E-state index < -0.39 is 38.8 Å². The Balaban J connectivity index is 1.63. The highest BCUT2D eigenvalue weighted by atomic mass is 32.2. The molecule has 0 aromatic heterocycles. The van der Waals surface area contributed by atoms with Crippen molar-refractivity contribution in [3.8, 4) is 5.75 Å². The van der Waals surface area contributed by atoms with Gasteiger partial charge in [0, 0.05) is 17.2 Å². The van der Waals surface area contributed by atoms with E-state index in [1.165, 1.54) is 23.1 Å². The molecule has 4 rings (SSSR count). The Labute approximate surface area is 201 Å². The number of alkyl halides is 3. The fourth-order valence-electron chi connectivity index (χ4n) is 4.41. The normalized spacial score (nSPS) is 20.3. The van der Waals surface area contributed by atoms with E-state index in [-0.39, 0.29) is 23.1 Å². The van der Waals surface area contributed by atoms with E-state index in [1.54, 1.807) is 32.9 Å². The van der Waals surface area contributed by atoms with Crippen LogP contribution in [0.25, 0.3) is 0 Å². The molecule has 0 bridgehead atoms. The molecule has 2 aliphatic rings. The minimum absolute atomic E-state index is 0.00157. The number of nitrogens with one attached hydrogen (secondary N) is 1. The number of benzene rings is 2. The Morgan fingerprint density at radius 2 is 1.71 bits per heavy atom. The van der Waals surface area contributed by atoms with Crippen LogP contribution >= 0.6 is 0 Å². The fraction of sp³-hybridized carbons (Fsp3) is 0.417. The number of fused-ring (bicyclic) bond motifs is 1. The van der Waals surface area contributed by atoms with Crippen molar-refractivity contribution in [1.82, 2.24) is 5.32 Å². The van der Waals surface area contributed by atoms with Gasteiger partial charge in [0.15, 0.2) is 0 Å². The average molecular weight is 511 g/mol. The molecule has 0 unspecified atom stereocenters. The molecule has 2 aromatic carbocycles. The third-order valence-electron chi connectivity index (χ3n) is 6.57. The maximum Gasteiger partial charge on any atom is 0.573 e. The van der Waals surface area contributed by atoms with Gasteiger partial charge < -0.3 is 10.1 Å². The maximum atomic E-state index is 13.3. The first-order valence-electron chi connectivity index (χ1n) is 11.0. The predicted octanol–water partition coefficient (Wildman–Crippen LogP) is 4.24. The standard InChI is InChI=1S/C24H25F3N2O5S/c1-22(2)18-13-15(20(30)28-23(3)9-11-35(32,33)12-10-23)7-8-19(18)29(21(22)31)16-5-4-6-17(14-16)34-24(25,26)27/h4-8,13-14H,9-12H2,1-3H3,(H,28,30). The van der Waals surface area contributed by atoms with Crippen LogP contribution in [0.1, 0.15) is 49.5 Å². The number of sulfone groups is 1. The summed E-state index contributed by atoms with van der Waals surface area (Å²) >= 11 is 0. The Bertz CT molecular complexity index is 1290. The van der Waals surface area contributed by atoms with Gasteiger partial charge >= 0.3 is 6.36 Å². The summed E-state index contributed by atoms with van der Waals surface area (Å²) in [4.78, 5) is 27.6. The molecule has 2 amide bonds. The molecular weight excluding hydrogens is 485 g/mol. The molecule has 2 aliphatic heterocycles. The average Bonchev–Trinajstić information content (AvgIpc) is 2.95. The SMILES string of the molecule is CC1(NC(=O)c2ccc3c(c2)C(C)(C)C(=O)N3c2cccc(OC(F)(F)F)c2)CCS(=O)(=O)CC1. The second-order valence-electron chi connectivity index (χ2n) is 9.71. The zero-order chi connectivity index (χ0) is 25.8. The number of amides is 2. The van der Waals surface area contributed by atoms with Crippen molar-refractivity contribution in [3.63, 3.8) is 0 Å². The molecule has 1 fully saturated rings. The van der Waals surface area contributed by atoms with Crippen LogP contribution in [0.2, 0.25) is 0 Å². The molecule has 0 spiro atoms. The lowest BCUT2D eigenvalue weighted by atomic mass is 9.85. The van der Waals surface area contributed by atoms with Gasteiger partial charge in [-0.25, -0.2) is 8.42 Å². The van der Waals surface area contributed by atoms with E-state index in [4.69, 9.17) is 0 Å². The van der Waals surface area contributed by atoms with Crippen molar-refractivity contribution in [2.24, 2.45) is 0 Å². The van der Waals surface area contributed by atoms with Gasteiger partial charge in [-0.15, -0.1) is 13.2 Å². The molecule has 35 heavy (non-hydrogen) atoms. The molecule has 7 nitrogen and oxygen atoms in total. The number of rotatable bonds is 4. The number of ether oxygens (including phenoxy) is 1. The quantitative estimate of drug-likeness (QED) is 0.664. The highest BCUT2D eigenvalue weighted by Gasteiger charge is 2.45. The number of hydrogen-bond acceptors (Lipinski definition) is 5. The number of nitrogens with zero attached hydrogens (tertiary/aromatic N) is 1. The molecule has 2 aromatic rings. The number of carbonyl (C=O) groups excluding carboxylic acids is 2. The van der Waals surface area contributed by atoms with Gasteiger partial charge in [0.05, 0.1) is 28.3 Å². The number of carbonyl (C=O) groups is 2. The molecular formula is C24H25F3N2O5S. The van der Waals surface area contributed by atoms with Crippen LogP contribution < -0.4 is 15.0 Å². The molecule has 188 valence electrons. The minimum Gasteiger partial charge on any atom is -0.406 e. The molecule has 0 radical (unpaired) electrons. The summed E-state index contributed by atoms with van der Waals surface area (Å²) in [5.41, 5.74) is -0.205. The van der Waals surface area contributed by atoms with Crippen LogP contribution in [-0.2, 0) is 20.0 Å². The summed E-state index contributed by atoms with van der Waals surface area (Å²) in [7, 11) is -3.10. The van der Waals surface area contributed by atoms with Crippen molar-refractivity contribution in [2.75, 3.05) is 16.4 Å². The molecule has 1 saturated heterocycles. The first kappa shape index (κ1) is 25.0. The van der Waals surface area contributed by atoms with Crippen LogP contribution in [0.3, 0.4) is 0 Å². The predicted molar refractivity (Wildman–Crippen MR) is 123 cm³/mol. The van der Waals surface area contributed by atoms with Gasteiger partial charge in [-0.05, 0) is 69.5 Å². The first-order valence-corrected chi connectivity index (χ1v) is 12.8. The van der Waals surface area contributed by atoms with Gasteiger partial charge in [-0.2, -0.15) is 0 Å². The zero-order valence-electron chi connectivity index (χ0n) is 19.4. The van der Waals surface area contributed by atoms with Crippen LogP contribution in [0.15, 0.2) is 42.5 Å². The highest BCUT2D eigenvalue weighted by Crippen LogP contribution is 2.46. The van der Waals surface area contributed by atoms with Crippen molar-refractivity contribution in [2.45, 2.75) is 50.9 Å². The Hall–Kier alpha value is -3.08. The number of halogens is 3. The second kappa shape index (κ2) is 8.25. The lowest BCUT2D eigenvalue weighted by Crippen LogP contribution is -2.50. The maximum absolute atomic E-state index is 13.3. The van der Waals surface area contributed by atoms with Crippen molar-refractivity contribution < 1.29 is 35.9 Å². The summed E-state index contributed by atoms with van der Waals surface area (Å²) in [5, 5.41) is 2.93. The van der Waals surface area contributed by atoms with Gasteiger partial charge in [0.25, 0.3) is 5.91 Å². The second-order valence-corrected chi connectivity index (χ2v) is 12.0. The van der Waals surface area contributed by atoms with Gasteiger partial charge in [-0.1, -0.05) is 6.07 Å². The van der Waals surface area contributed by atoms with E-state index in [0.717, 1.165) is 12.1 Å². The molecule has 0 atom stereocenters. The topological polar surface area (TPSA) is 92.8 Å². The monoisotopic (exact) mass is 510 g/mol.